The highest BCUT2D eigenvalue weighted by molar-refractivity contribution is 7.90. The molecular weight excluding hydrogens is 497 g/mol. The van der Waals surface area contributed by atoms with Gasteiger partial charge in [0.1, 0.15) is 0 Å². The van der Waals surface area contributed by atoms with Crippen LogP contribution in [-0.4, -0.2) is 41.9 Å². The van der Waals surface area contributed by atoms with E-state index in [4.69, 9.17) is 16.3 Å². The number of alkyl halides is 3. The van der Waals surface area contributed by atoms with Crippen LogP contribution >= 0.6 is 11.6 Å². The number of nitrogens with zero attached hydrogens (tertiary/aromatic N) is 3. The molecule has 1 aliphatic carbocycles. The molecule has 3 aromatic rings. The second kappa shape index (κ2) is 8.91. The van der Waals surface area contributed by atoms with Crippen molar-refractivity contribution in [1.29, 1.82) is 0 Å². The Morgan fingerprint density at radius 2 is 1.91 bits per heavy atom. The summed E-state index contributed by atoms with van der Waals surface area (Å²) in [5, 5.41) is 4.01. The van der Waals surface area contributed by atoms with E-state index in [0.29, 0.717) is 0 Å². The zero-order chi connectivity index (χ0) is 24.6. The zero-order valence-electron chi connectivity index (χ0n) is 17.4. The maximum atomic E-state index is 13.0. The van der Waals surface area contributed by atoms with E-state index in [0.717, 1.165) is 6.20 Å². The third-order valence-corrected chi connectivity index (χ3v) is 7.11. The Morgan fingerprint density at radius 3 is 2.53 bits per heavy atom. The number of benzene rings is 1. The number of hydrogen-bond donors (Lipinski definition) is 1. The number of halogens is 4. The molecule has 0 unspecified atom stereocenters. The number of pyridine rings is 1. The van der Waals surface area contributed by atoms with Gasteiger partial charge < -0.3 is 4.74 Å². The zero-order valence-corrected chi connectivity index (χ0v) is 19.0. The van der Waals surface area contributed by atoms with Crippen LogP contribution in [0.5, 0.6) is 5.88 Å². The number of carbonyl (C=O) groups excluding carboxylic acids is 1. The first-order chi connectivity index (χ1) is 16.0. The van der Waals surface area contributed by atoms with E-state index in [1.165, 1.54) is 47.3 Å². The lowest BCUT2D eigenvalue weighted by Crippen LogP contribution is -2.30. The molecule has 0 aliphatic heterocycles. The van der Waals surface area contributed by atoms with Crippen molar-refractivity contribution in [3.8, 4) is 11.7 Å². The number of sulfonamides is 1. The first-order valence-corrected chi connectivity index (χ1v) is 11.9. The second-order valence-electron chi connectivity index (χ2n) is 7.75. The molecule has 34 heavy (non-hydrogen) atoms. The summed E-state index contributed by atoms with van der Waals surface area (Å²) in [7, 11) is -4.10. The molecule has 1 aliphatic rings. The van der Waals surface area contributed by atoms with E-state index < -0.39 is 27.5 Å². The molecule has 0 bridgehead atoms. The number of ether oxygens (including phenoxy) is 1. The number of carbonyl (C=O) groups is 1. The summed E-state index contributed by atoms with van der Waals surface area (Å²) in [4.78, 5) is 16.4. The van der Waals surface area contributed by atoms with Gasteiger partial charge in [-0.25, -0.2) is 22.8 Å². The average molecular weight is 515 g/mol. The molecule has 1 amide bonds. The van der Waals surface area contributed by atoms with Crippen LogP contribution in [0.2, 0.25) is 5.02 Å². The molecule has 0 atom stereocenters. The lowest BCUT2D eigenvalue weighted by atomic mass is 10.0. The van der Waals surface area contributed by atoms with Crippen molar-refractivity contribution in [2.75, 3.05) is 6.61 Å². The summed E-state index contributed by atoms with van der Waals surface area (Å²) in [6.07, 6.45) is -1.64. The smallest absolute Gasteiger partial charge is 0.394 e. The number of nitrogens with one attached hydrogen (secondary N) is 1. The first kappa shape index (κ1) is 24.0. The summed E-state index contributed by atoms with van der Waals surface area (Å²) in [6.45, 7) is -0.139. The highest BCUT2D eigenvalue weighted by Gasteiger charge is 2.62. The molecule has 180 valence electrons. The van der Waals surface area contributed by atoms with Gasteiger partial charge in [0.2, 0.25) is 5.88 Å². The van der Waals surface area contributed by atoms with E-state index in [1.54, 1.807) is 6.07 Å². The molecule has 1 N–H and O–H groups in total. The molecule has 0 saturated heterocycles. The van der Waals surface area contributed by atoms with E-state index in [1.807, 2.05) is 4.72 Å². The van der Waals surface area contributed by atoms with E-state index in [9.17, 15) is 26.4 Å². The molecule has 4 rings (SSSR count). The molecule has 1 saturated carbocycles. The number of rotatable bonds is 8. The Balaban J connectivity index is 1.40. The maximum absolute atomic E-state index is 13.0. The van der Waals surface area contributed by atoms with Gasteiger partial charge in [0.15, 0.2) is 5.82 Å². The fraction of sp³-hybridized carbons (Fsp3) is 0.286. The predicted molar refractivity (Wildman–Crippen MR) is 115 cm³/mol. The average Bonchev–Trinajstić information content (AvgIpc) is 3.44. The molecule has 0 radical (unpaired) electrons. The van der Waals surface area contributed by atoms with Gasteiger partial charge in [-0.2, -0.15) is 13.2 Å². The van der Waals surface area contributed by atoms with Gasteiger partial charge in [0.25, 0.3) is 15.9 Å². The Labute approximate surface area is 197 Å². The molecule has 2 heterocycles. The van der Waals surface area contributed by atoms with Crippen LogP contribution in [0.15, 0.2) is 59.8 Å². The number of amides is 1. The summed E-state index contributed by atoms with van der Waals surface area (Å²) in [5.41, 5.74) is -1.83. The molecule has 0 spiro atoms. The summed E-state index contributed by atoms with van der Waals surface area (Å²) in [6, 6.07) is 10.1. The monoisotopic (exact) mass is 514 g/mol. The lowest BCUT2D eigenvalue weighted by Gasteiger charge is -2.18. The van der Waals surface area contributed by atoms with E-state index in [2.05, 4.69) is 10.1 Å². The van der Waals surface area contributed by atoms with Crippen LogP contribution in [0.4, 0.5) is 13.2 Å². The summed E-state index contributed by atoms with van der Waals surface area (Å²) >= 11 is 6.16. The van der Waals surface area contributed by atoms with Gasteiger partial charge in [0.05, 0.1) is 27.5 Å². The molecule has 8 nitrogen and oxygen atoms in total. The predicted octanol–water partition coefficient (Wildman–Crippen LogP) is 4.15. The Kier molecular flexibility index (Phi) is 6.30. The van der Waals surface area contributed by atoms with Crippen molar-refractivity contribution in [2.45, 2.75) is 30.3 Å². The van der Waals surface area contributed by atoms with Crippen LogP contribution in [0.25, 0.3) is 5.82 Å². The molecule has 1 aromatic carbocycles. The van der Waals surface area contributed by atoms with Gasteiger partial charge in [-0.1, -0.05) is 29.8 Å². The Morgan fingerprint density at radius 1 is 1.21 bits per heavy atom. The van der Waals surface area contributed by atoms with Crippen LogP contribution < -0.4 is 9.46 Å². The van der Waals surface area contributed by atoms with Crippen LogP contribution in [0.1, 0.15) is 29.6 Å². The summed E-state index contributed by atoms with van der Waals surface area (Å²) in [5.74, 6) is -0.668. The normalized spacial score (nSPS) is 15.1. The molecule has 13 heteroatoms. The maximum Gasteiger partial charge on any atom is 0.394 e. The van der Waals surface area contributed by atoms with Crippen molar-refractivity contribution < 1.29 is 31.1 Å². The topological polar surface area (TPSA) is 103 Å². The van der Waals surface area contributed by atoms with Crippen LogP contribution in [0, 0.1) is 5.41 Å². The minimum absolute atomic E-state index is 0.0791. The van der Waals surface area contributed by atoms with Gasteiger partial charge in [0, 0.05) is 24.5 Å². The quantitative estimate of drug-likeness (QED) is 0.484. The van der Waals surface area contributed by atoms with Gasteiger partial charge in [-0.3, -0.25) is 4.79 Å². The molecule has 2 aromatic heterocycles. The van der Waals surface area contributed by atoms with E-state index >= 15 is 0 Å². The first-order valence-electron chi connectivity index (χ1n) is 10.0. The minimum atomic E-state index is -4.25. The largest absolute Gasteiger partial charge is 0.477 e. The fourth-order valence-corrected chi connectivity index (χ4v) is 4.46. The molecule has 1 fully saturated rings. The SMILES string of the molecule is O=C(NS(=O)(=O)c1ccccc1)c1cnc(-n2ccc(OCCC3(C(F)(F)F)CC3)n2)cc1Cl. The Bertz CT molecular complexity index is 1310. The third-order valence-electron chi connectivity index (χ3n) is 5.45. The standard InChI is InChI=1S/C21H18ClF3N4O4S/c22-16-12-17(26-13-15(16)19(30)28-34(31,32)14-4-2-1-3-5-14)29-10-6-18(27-29)33-11-9-20(7-8-20)21(23,24)25/h1-6,10,12-13H,7-9,11H2,(H,28,30). The van der Waals surface area contributed by atoms with Gasteiger partial charge in [-0.15, -0.1) is 5.10 Å². The van der Waals surface area contributed by atoms with E-state index in [-0.39, 0.29) is 53.0 Å². The van der Waals surface area contributed by atoms with Gasteiger partial charge >= 0.3 is 6.18 Å². The van der Waals surface area contributed by atoms with Crippen molar-refractivity contribution >= 4 is 27.5 Å². The third kappa shape index (κ3) is 5.02. The van der Waals surface area contributed by atoms with Crippen molar-refractivity contribution in [3.05, 3.63) is 65.4 Å². The molecular formula is C21H18ClF3N4O4S. The van der Waals surface area contributed by atoms with Crippen molar-refractivity contribution in [2.24, 2.45) is 5.41 Å². The highest BCUT2D eigenvalue weighted by Crippen LogP contribution is 2.59. The lowest BCUT2D eigenvalue weighted by molar-refractivity contribution is -0.190. The van der Waals surface area contributed by atoms with Crippen molar-refractivity contribution in [3.63, 3.8) is 0 Å². The van der Waals surface area contributed by atoms with Crippen molar-refractivity contribution in [1.82, 2.24) is 19.5 Å². The van der Waals surface area contributed by atoms with Crippen LogP contribution in [0.3, 0.4) is 0 Å². The second-order valence-corrected chi connectivity index (χ2v) is 9.83. The van der Waals surface area contributed by atoms with Gasteiger partial charge in [-0.05, 0) is 31.4 Å². The highest BCUT2D eigenvalue weighted by atomic mass is 35.5. The van der Waals surface area contributed by atoms with Crippen LogP contribution in [-0.2, 0) is 10.0 Å². The number of aromatic nitrogens is 3. The minimum Gasteiger partial charge on any atom is -0.477 e. The number of hydrogen-bond acceptors (Lipinski definition) is 6. The summed E-state index contributed by atoms with van der Waals surface area (Å²) < 4.78 is 72.2. The fourth-order valence-electron chi connectivity index (χ4n) is 3.24. The Hall–Kier alpha value is -3.12.